The molecule has 0 fully saturated rings. The van der Waals surface area contributed by atoms with Gasteiger partial charge in [0.05, 0.1) is 6.61 Å². The summed E-state index contributed by atoms with van der Waals surface area (Å²) >= 11 is 1.56. The van der Waals surface area contributed by atoms with Crippen LogP contribution in [0.5, 0.6) is 0 Å². The summed E-state index contributed by atoms with van der Waals surface area (Å²) in [4.78, 5) is 1.01. The molecule has 0 aliphatic carbocycles. The first kappa shape index (κ1) is 10.5. The second kappa shape index (κ2) is 4.11. The SMILES string of the molecule is CSc1cccc(C(C)(F)CO)c1. The van der Waals surface area contributed by atoms with Crippen molar-refractivity contribution in [1.29, 1.82) is 0 Å². The normalized spacial score (nSPS) is 15.4. The second-order valence-electron chi connectivity index (χ2n) is 3.09. The van der Waals surface area contributed by atoms with Crippen LogP contribution in [0.15, 0.2) is 29.2 Å². The minimum absolute atomic E-state index is 0.481. The van der Waals surface area contributed by atoms with E-state index in [9.17, 15) is 4.39 Å². The van der Waals surface area contributed by atoms with Crippen molar-refractivity contribution in [2.45, 2.75) is 17.5 Å². The number of alkyl halides is 1. The number of thioether (sulfide) groups is 1. The zero-order valence-corrected chi connectivity index (χ0v) is 8.57. The van der Waals surface area contributed by atoms with Gasteiger partial charge in [0, 0.05) is 4.90 Å². The molecule has 0 aromatic heterocycles. The van der Waals surface area contributed by atoms with Crippen LogP contribution in [0.3, 0.4) is 0 Å². The van der Waals surface area contributed by atoms with Gasteiger partial charge in [0.15, 0.2) is 5.67 Å². The molecular weight excluding hydrogens is 187 g/mol. The summed E-state index contributed by atoms with van der Waals surface area (Å²) in [6.45, 7) is 0.900. The maximum absolute atomic E-state index is 13.6. The minimum Gasteiger partial charge on any atom is -0.393 e. The average molecular weight is 200 g/mol. The van der Waals surface area contributed by atoms with Crippen LogP contribution in [-0.2, 0) is 5.67 Å². The Hall–Kier alpha value is -0.540. The van der Waals surface area contributed by atoms with Crippen LogP contribution in [0.25, 0.3) is 0 Å². The van der Waals surface area contributed by atoms with Gasteiger partial charge in [-0.05, 0) is 30.9 Å². The van der Waals surface area contributed by atoms with Crippen molar-refractivity contribution >= 4 is 11.8 Å². The van der Waals surface area contributed by atoms with E-state index in [-0.39, 0.29) is 0 Å². The molecule has 1 aromatic rings. The quantitative estimate of drug-likeness (QED) is 0.757. The Kier molecular flexibility index (Phi) is 3.33. The maximum atomic E-state index is 13.6. The van der Waals surface area contributed by atoms with Gasteiger partial charge >= 0.3 is 0 Å². The largest absolute Gasteiger partial charge is 0.393 e. The van der Waals surface area contributed by atoms with Crippen molar-refractivity contribution < 1.29 is 9.50 Å². The highest BCUT2D eigenvalue weighted by Crippen LogP contribution is 2.27. The highest BCUT2D eigenvalue weighted by molar-refractivity contribution is 7.98. The fourth-order valence-corrected chi connectivity index (χ4v) is 1.50. The molecule has 1 aromatic carbocycles. The summed E-state index contributed by atoms with van der Waals surface area (Å²) < 4.78 is 13.6. The van der Waals surface area contributed by atoms with Crippen molar-refractivity contribution in [3.63, 3.8) is 0 Å². The number of hydrogen-bond donors (Lipinski definition) is 1. The molecule has 0 radical (unpaired) electrons. The molecule has 1 unspecified atom stereocenters. The number of hydrogen-bond acceptors (Lipinski definition) is 2. The summed E-state index contributed by atoms with van der Waals surface area (Å²) in [7, 11) is 0. The van der Waals surface area contributed by atoms with Gasteiger partial charge in [0.25, 0.3) is 0 Å². The molecule has 13 heavy (non-hydrogen) atoms. The lowest BCUT2D eigenvalue weighted by Crippen LogP contribution is -2.20. The zero-order valence-electron chi connectivity index (χ0n) is 7.75. The van der Waals surface area contributed by atoms with Crippen molar-refractivity contribution in [3.05, 3.63) is 29.8 Å². The highest BCUT2D eigenvalue weighted by atomic mass is 32.2. The lowest BCUT2D eigenvalue weighted by atomic mass is 9.99. The van der Waals surface area contributed by atoms with Gasteiger partial charge in [-0.1, -0.05) is 12.1 Å². The first-order valence-corrected chi connectivity index (χ1v) is 5.27. The zero-order chi connectivity index (χ0) is 9.90. The first-order valence-electron chi connectivity index (χ1n) is 4.04. The van der Waals surface area contributed by atoms with E-state index in [1.165, 1.54) is 6.92 Å². The van der Waals surface area contributed by atoms with Crippen LogP contribution in [0.1, 0.15) is 12.5 Å². The maximum Gasteiger partial charge on any atom is 0.156 e. The molecule has 0 bridgehead atoms. The van der Waals surface area contributed by atoms with Crippen LogP contribution < -0.4 is 0 Å². The Morgan fingerprint density at radius 3 is 2.77 bits per heavy atom. The monoisotopic (exact) mass is 200 g/mol. The van der Waals surface area contributed by atoms with Crippen molar-refractivity contribution in [2.24, 2.45) is 0 Å². The molecule has 0 aliphatic heterocycles. The second-order valence-corrected chi connectivity index (χ2v) is 3.97. The fourth-order valence-electron chi connectivity index (χ4n) is 1.04. The van der Waals surface area contributed by atoms with E-state index in [1.807, 2.05) is 12.3 Å². The van der Waals surface area contributed by atoms with Gasteiger partial charge in [-0.2, -0.15) is 0 Å². The molecule has 1 rings (SSSR count). The summed E-state index contributed by atoms with van der Waals surface area (Å²) in [6, 6.07) is 7.17. The standard InChI is InChI=1S/C10H13FOS/c1-10(11,7-12)8-4-3-5-9(6-8)13-2/h3-6,12H,7H2,1-2H3. The average Bonchev–Trinajstić information content (AvgIpc) is 2.18. The number of aliphatic hydroxyl groups excluding tert-OH is 1. The predicted molar refractivity (Wildman–Crippen MR) is 53.8 cm³/mol. The molecule has 1 nitrogen and oxygen atoms in total. The molecule has 72 valence electrons. The smallest absolute Gasteiger partial charge is 0.156 e. The van der Waals surface area contributed by atoms with Crippen molar-refractivity contribution in [3.8, 4) is 0 Å². The lowest BCUT2D eigenvalue weighted by Gasteiger charge is -2.18. The summed E-state index contributed by atoms with van der Waals surface area (Å²) in [6.07, 6.45) is 1.94. The Morgan fingerprint density at radius 2 is 2.23 bits per heavy atom. The summed E-state index contributed by atoms with van der Waals surface area (Å²) in [5, 5.41) is 8.83. The van der Waals surface area contributed by atoms with E-state index in [0.29, 0.717) is 5.56 Å². The van der Waals surface area contributed by atoms with E-state index in [1.54, 1.807) is 30.0 Å². The van der Waals surface area contributed by atoms with Gasteiger partial charge in [-0.15, -0.1) is 11.8 Å². The molecule has 3 heteroatoms. The van der Waals surface area contributed by atoms with Crippen LogP contribution in [0, 0.1) is 0 Å². The van der Waals surface area contributed by atoms with Crippen LogP contribution >= 0.6 is 11.8 Å². The highest BCUT2D eigenvalue weighted by Gasteiger charge is 2.24. The van der Waals surface area contributed by atoms with Gasteiger partial charge in [-0.3, -0.25) is 0 Å². The third-order valence-corrected chi connectivity index (χ3v) is 2.69. The number of benzene rings is 1. The Bertz CT molecular complexity index is 286. The third-order valence-electron chi connectivity index (χ3n) is 1.97. The number of halogens is 1. The van der Waals surface area contributed by atoms with Crippen molar-refractivity contribution in [2.75, 3.05) is 12.9 Å². The minimum atomic E-state index is -1.63. The number of rotatable bonds is 3. The summed E-state index contributed by atoms with van der Waals surface area (Å²) in [5.74, 6) is 0. The van der Waals surface area contributed by atoms with Crippen LogP contribution in [-0.4, -0.2) is 18.0 Å². The fraction of sp³-hybridized carbons (Fsp3) is 0.400. The molecule has 1 atom stereocenters. The lowest BCUT2D eigenvalue weighted by molar-refractivity contribution is 0.0866. The van der Waals surface area contributed by atoms with E-state index in [4.69, 9.17) is 5.11 Å². The molecule has 0 saturated carbocycles. The van der Waals surface area contributed by atoms with Crippen molar-refractivity contribution in [1.82, 2.24) is 0 Å². The van der Waals surface area contributed by atoms with E-state index < -0.39 is 12.3 Å². The van der Waals surface area contributed by atoms with Crippen LogP contribution in [0.2, 0.25) is 0 Å². The Balaban J connectivity index is 3.01. The van der Waals surface area contributed by atoms with Crippen LogP contribution in [0.4, 0.5) is 4.39 Å². The molecule has 0 aliphatic rings. The Labute approximate surface area is 82.0 Å². The molecule has 0 amide bonds. The molecule has 0 saturated heterocycles. The van der Waals surface area contributed by atoms with E-state index in [2.05, 4.69) is 0 Å². The molecular formula is C10H13FOS. The first-order chi connectivity index (χ1) is 6.10. The topological polar surface area (TPSA) is 20.2 Å². The summed E-state index contributed by atoms with van der Waals surface area (Å²) in [5.41, 5.74) is -1.10. The van der Waals surface area contributed by atoms with E-state index >= 15 is 0 Å². The third kappa shape index (κ3) is 2.45. The molecule has 0 heterocycles. The van der Waals surface area contributed by atoms with Gasteiger partial charge in [0.1, 0.15) is 0 Å². The van der Waals surface area contributed by atoms with Gasteiger partial charge < -0.3 is 5.11 Å². The number of aliphatic hydroxyl groups is 1. The Morgan fingerprint density at radius 1 is 1.54 bits per heavy atom. The molecule has 1 N–H and O–H groups in total. The predicted octanol–water partition coefficient (Wildman–Crippen LogP) is 2.59. The molecule has 0 spiro atoms. The van der Waals surface area contributed by atoms with Gasteiger partial charge in [0.2, 0.25) is 0 Å². The van der Waals surface area contributed by atoms with Gasteiger partial charge in [-0.25, -0.2) is 4.39 Å². The van der Waals surface area contributed by atoms with E-state index in [0.717, 1.165) is 4.90 Å².